The smallest absolute Gasteiger partial charge is 0.249 e. The Morgan fingerprint density at radius 1 is 1.25 bits per heavy atom. The summed E-state index contributed by atoms with van der Waals surface area (Å²) in [6, 6.07) is 2.62. The summed E-state index contributed by atoms with van der Waals surface area (Å²) in [5.41, 5.74) is -0.833. The monoisotopic (exact) mass is 346 g/mol. The molecule has 5 N–H and O–H groups in total. The normalized spacial score (nSPS) is 15.7. The van der Waals surface area contributed by atoms with Crippen molar-refractivity contribution in [1.82, 2.24) is 10.6 Å². The molecule has 1 amide bonds. The van der Waals surface area contributed by atoms with E-state index in [0.29, 0.717) is 0 Å². The lowest BCUT2D eigenvalue weighted by atomic mass is 9.87. The van der Waals surface area contributed by atoms with Gasteiger partial charge >= 0.3 is 0 Å². The van der Waals surface area contributed by atoms with Gasteiger partial charge in [-0.05, 0) is 24.6 Å². The fraction of sp³-hybridized carbons (Fsp3) is 0.562. The van der Waals surface area contributed by atoms with Crippen LogP contribution in [0.3, 0.4) is 0 Å². The molecular weight excluding hydrogens is 322 g/mol. The van der Waals surface area contributed by atoms with Gasteiger partial charge in [0.15, 0.2) is 11.6 Å². The maximum Gasteiger partial charge on any atom is 0.249 e. The highest BCUT2D eigenvalue weighted by Gasteiger charge is 2.32. The Balaban J connectivity index is 2.52. The molecule has 24 heavy (non-hydrogen) atoms. The number of carbonyl (C=O) groups excluding carboxylic acids is 1. The Morgan fingerprint density at radius 3 is 2.42 bits per heavy atom. The summed E-state index contributed by atoms with van der Waals surface area (Å²) in [7, 11) is 0. The van der Waals surface area contributed by atoms with Crippen molar-refractivity contribution in [2.75, 3.05) is 13.2 Å². The minimum Gasteiger partial charge on any atom is -0.396 e. The Labute approximate surface area is 139 Å². The third-order valence-corrected chi connectivity index (χ3v) is 3.68. The van der Waals surface area contributed by atoms with Crippen molar-refractivity contribution in [3.05, 3.63) is 35.4 Å². The zero-order valence-corrected chi connectivity index (χ0v) is 13.9. The minimum atomic E-state index is -1.38. The Morgan fingerprint density at radius 2 is 1.88 bits per heavy atom. The van der Waals surface area contributed by atoms with E-state index in [1.165, 1.54) is 6.07 Å². The molecule has 0 saturated heterocycles. The number of benzene rings is 1. The van der Waals surface area contributed by atoms with Crippen molar-refractivity contribution in [2.45, 2.75) is 39.1 Å². The quantitative estimate of drug-likeness (QED) is 0.440. The van der Waals surface area contributed by atoms with Crippen LogP contribution in [0.4, 0.5) is 8.78 Å². The second-order valence-electron chi connectivity index (χ2n) is 6.44. The Hall–Kier alpha value is -1.61. The van der Waals surface area contributed by atoms with E-state index in [9.17, 15) is 23.8 Å². The molecule has 3 atom stereocenters. The SMILES string of the molecule is CC(CNC(=O)C(O)C(C)(C)CO)NC(O)c1ccc(F)c(F)c1. The molecule has 0 aliphatic heterocycles. The Kier molecular flexibility index (Phi) is 7.22. The molecule has 0 heterocycles. The van der Waals surface area contributed by atoms with Crippen LogP contribution >= 0.6 is 0 Å². The lowest BCUT2D eigenvalue weighted by molar-refractivity contribution is -0.137. The molecule has 0 bridgehead atoms. The number of aliphatic hydroxyl groups excluding tert-OH is 3. The maximum atomic E-state index is 13.1. The number of aliphatic hydroxyl groups is 3. The van der Waals surface area contributed by atoms with Crippen molar-refractivity contribution in [3.63, 3.8) is 0 Å². The lowest BCUT2D eigenvalue weighted by Crippen LogP contribution is -2.49. The average molecular weight is 346 g/mol. The van der Waals surface area contributed by atoms with E-state index in [4.69, 9.17) is 5.11 Å². The predicted octanol–water partition coefficient (Wildman–Crippen LogP) is 0.429. The van der Waals surface area contributed by atoms with Gasteiger partial charge in [0.05, 0.1) is 6.61 Å². The van der Waals surface area contributed by atoms with Crippen LogP contribution in [-0.2, 0) is 4.79 Å². The molecule has 1 aromatic carbocycles. The minimum absolute atomic E-state index is 0.0815. The van der Waals surface area contributed by atoms with Crippen molar-refractivity contribution in [3.8, 4) is 0 Å². The number of carbonyl (C=O) groups is 1. The molecule has 0 saturated carbocycles. The summed E-state index contributed by atoms with van der Waals surface area (Å²) in [5, 5.41) is 34.1. The standard InChI is InChI=1S/C16H24F2N2O4/c1-9(7-19-15(24)13(22)16(2,3)8-21)20-14(23)10-4-5-11(17)12(18)6-10/h4-6,9,13-14,20-23H,7-8H2,1-3H3,(H,19,24). The highest BCUT2D eigenvalue weighted by atomic mass is 19.2. The molecule has 8 heteroatoms. The van der Waals surface area contributed by atoms with Gasteiger partial charge in [-0.25, -0.2) is 8.78 Å². The van der Waals surface area contributed by atoms with E-state index in [1.54, 1.807) is 20.8 Å². The molecule has 0 aromatic heterocycles. The van der Waals surface area contributed by atoms with Crippen LogP contribution < -0.4 is 10.6 Å². The summed E-state index contributed by atoms with van der Waals surface area (Å²) in [6.07, 6.45) is -2.63. The molecule has 3 unspecified atom stereocenters. The molecule has 0 fully saturated rings. The van der Waals surface area contributed by atoms with Crippen LogP contribution in [0.15, 0.2) is 18.2 Å². The number of nitrogens with one attached hydrogen (secondary N) is 2. The first kappa shape index (κ1) is 20.4. The molecule has 0 aliphatic rings. The number of amides is 1. The van der Waals surface area contributed by atoms with Gasteiger partial charge in [-0.3, -0.25) is 10.1 Å². The molecule has 136 valence electrons. The number of hydrogen-bond acceptors (Lipinski definition) is 5. The first-order valence-corrected chi connectivity index (χ1v) is 7.54. The topological polar surface area (TPSA) is 102 Å². The molecular formula is C16H24F2N2O4. The van der Waals surface area contributed by atoms with Crippen LogP contribution in [0.1, 0.15) is 32.6 Å². The third kappa shape index (κ3) is 5.48. The third-order valence-electron chi connectivity index (χ3n) is 3.68. The molecule has 0 aliphatic carbocycles. The van der Waals surface area contributed by atoms with Crippen molar-refractivity contribution in [1.29, 1.82) is 0 Å². The van der Waals surface area contributed by atoms with E-state index in [-0.39, 0.29) is 18.7 Å². The predicted molar refractivity (Wildman–Crippen MR) is 83.8 cm³/mol. The summed E-state index contributed by atoms with van der Waals surface area (Å²) >= 11 is 0. The maximum absolute atomic E-state index is 13.1. The number of rotatable bonds is 8. The second-order valence-corrected chi connectivity index (χ2v) is 6.44. The summed E-state index contributed by atoms with van der Waals surface area (Å²) < 4.78 is 26.0. The van der Waals surface area contributed by atoms with Crippen LogP contribution in [0.2, 0.25) is 0 Å². The highest BCUT2D eigenvalue weighted by Crippen LogP contribution is 2.19. The fourth-order valence-electron chi connectivity index (χ4n) is 1.90. The van der Waals surface area contributed by atoms with Crippen molar-refractivity contribution < 1.29 is 28.9 Å². The first-order chi connectivity index (χ1) is 11.1. The largest absolute Gasteiger partial charge is 0.396 e. The summed E-state index contributed by atoms with van der Waals surface area (Å²) in [4.78, 5) is 11.8. The van der Waals surface area contributed by atoms with E-state index >= 15 is 0 Å². The van der Waals surface area contributed by atoms with Crippen LogP contribution in [0.25, 0.3) is 0 Å². The van der Waals surface area contributed by atoms with Gasteiger partial charge in [-0.2, -0.15) is 0 Å². The summed E-state index contributed by atoms with van der Waals surface area (Å²) in [5.74, 6) is -2.72. The highest BCUT2D eigenvalue weighted by molar-refractivity contribution is 5.81. The van der Waals surface area contributed by atoms with Gasteiger partial charge in [0.1, 0.15) is 12.3 Å². The van der Waals surface area contributed by atoms with E-state index in [2.05, 4.69) is 10.6 Å². The number of halogens is 2. The van der Waals surface area contributed by atoms with Gasteiger partial charge in [0, 0.05) is 18.0 Å². The summed E-state index contributed by atoms with van der Waals surface area (Å²) in [6.45, 7) is 4.48. The molecule has 0 spiro atoms. The van der Waals surface area contributed by atoms with E-state index in [0.717, 1.165) is 12.1 Å². The fourth-order valence-corrected chi connectivity index (χ4v) is 1.90. The second kappa shape index (κ2) is 8.48. The van der Waals surface area contributed by atoms with Gasteiger partial charge in [-0.15, -0.1) is 0 Å². The molecule has 6 nitrogen and oxygen atoms in total. The van der Waals surface area contributed by atoms with Crippen LogP contribution in [0, 0.1) is 17.0 Å². The van der Waals surface area contributed by atoms with Crippen molar-refractivity contribution in [2.24, 2.45) is 5.41 Å². The van der Waals surface area contributed by atoms with Gasteiger partial charge in [0.2, 0.25) is 5.91 Å². The van der Waals surface area contributed by atoms with E-state index in [1.807, 2.05) is 0 Å². The molecule has 0 radical (unpaired) electrons. The van der Waals surface area contributed by atoms with Gasteiger partial charge < -0.3 is 20.6 Å². The molecule has 1 aromatic rings. The number of hydrogen-bond donors (Lipinski definition) is 5. The van der Waals surface area contributed by atoms with Crippen LogP contribution in [-0.4, -0.2) is 46.5 Å². The van der Waals surface area contributed by atoms with Gasteiger partial charge in [0.25, 0.3) is 0 Å². The zero-order valence-electron chi connectivity index (χ0n) is 13.9. The average Bonchev–Trinajstić information content (AvgIpc) is 2.54. The van der Waals surface area contributed by atoms with Gasteiger partial charge in [-0.1, -0.05) is 19.9 Å². The lowest BCUT2D eigenvalue weighted by Gasteiger charge is -2.28. The molecule has 1 rings (SSSR count). The van der Waals surface area contributed by atoms with Crippen LogP contribution in [0.5, 0.6) is 0 Å². The zero-order chi connectivity index (χ0) is 18.5. The Bertz CT molecular complexity index is 569. The van der Waals surface area contributed by atoms with E-state index < -0.39 is 41.3 Å². The first-order valence-electron chi connectivity index (χ1n) is 7.54. The van der Waals surface area contributed by atoms with Crippen molar-refractivity contribution >= 4 is 5.91 Å².